The largest absolute Gasteiger partial charge is 0.394 e. The number of likely N-dealkylation sites (tertiary alicyclic amines) is 1. The third kappa shape index (κ3) is 3.54. The maximum atomic E-state index is 13.3. The molecule has 2 aliphatic heterocycles. The van der Waals surface area contributed by atoms with E-state index in [4.69, 9.17) is 4.74 Å². The Bertz CT molecular complexity index is 558. The molecule has 2 aliphatic rings. The summed E-state index contributed by atoms with van der Waals surface area (Å²) in [4.78, 5) is 14.2. The van der Waals surface area contributed by atoms with Crippen molar-refractivity contribution in [2.45, 2.75) is 37.1 Å². The van der Waals surface area contributed by atoms with Crippen molar-refractivity contribution in [3.05, 3.63) is 35.6 Å². The number of nitrogens with one attached hydrogen (secondary N) is 1. The summed E-state index contributed by atoms with van der Waals surface area (Å²) < 4.78 is 18.7. The smallest absolute Gasteiger partial charge is 0.317 e. The zero-order valence-electron chi connectivity index (χ0n) is 13.8. The Morgan fingerprint density at radius 1 is 1.33 bits per heavy atom. The first kappa shape index (κ1) is 17.2. The Morgan fingerprint density at radius 3 is 2.71 bits per heavy atom. The number of halogens is 1. The number of benzene rings is 1. The predicted molar refractivity (Wildman–Crippen MR) is 88.3 cm³/mol. The molecule has 0 radical (unpaired) electrons. The van der Waals surface area contributed by atoms with E-state index in [1.165, 1.54) is 12.1 Å². The van der Waals surface area contributed by atoms with Crippen molar-refractivity contribution in [2.75, 3.05) is 32.9 Å². The third-order valence-corrected chi connectivity index (χ3v) is 5.33. The lowest BCUT2D eigenvalue weighted by molar-refractivity contribution is 0.0498. The molecule has 0 aliphatic carbocycles. The fraction of sp³-hybridized carbons (Fsp3) is 0.611. The maximum absolute atomic E-state index is 13.3. The first-order valence-corrected chi connectivity index (χ1v) is 8.64. The fourth-order valence-corrected chi connectivity index (χ4v) is 3.77. The van der Waals surface area contributed by atoms with Gasteiger partial charge in [0.25, 0.3) is 0 Å². The van der Waals surface area contributed by atoms with Gasteiger partial charge in [-0.15, -0.1) is 0 Å². The molecule has 1 unspecified atom stereocenters. The second-order valence-corrected chi connectivity index (χ2v) is 6.73. The van der Waals surface area contributed by atoms with Crippen molar-refractivity contribution >= 4 is 6.03 Å². The van der Waals surface area contributed by atoms with E-state index in [0.29, 0.717) is 26.3 Å². The van der Waals surface area contributed by atoms with E-state index in [2.05, 4.69) is 5.32 Å². The quantitative estimate of drug-likeness (QED) is 0.884. The normalized spacial score (nSPS) is 23.2. The number of rotatable bonds is 4. The minimum atomic E-state index is -0.257. The van der Waals surface area contributed by atoms with E-state index in [-0.39, 0.29) is 29.9 Å². The lowest BCUT2D eigenvalue weighted by atomic mass is 9.74. The molecule has 2 saturated heterocycles. The maximum Gasteiger partial charge on any atom is 0.317 e. The van der Waals surface area contributed by atoms with Gasteiger partial charge in [-0.3, -0.25) is 0 Å². The van der Waals surface area contributed by atoms with Gasteiger partial charge >= 0.3 is 6.03 Å². The Morgan fingerprint density at radius 2 is 2.04 bits per heavy atom. The standard InChI is InChI=1S/C18H25FN2O3/c19-15-5-3-14(4-6-15)18(7-10-24-11-8-18)13-20-17(23)21-9-1-2-16(21)12-22/h3-6,16,22H,1-2,7-13H2,(H,20,23). The molecule has 3 rings (SSSR count). The SMILES string of the molecule is O=C(NCC1(c2ccc(F)cc2)CCOCC1)N1CCCC1CO. The van der Waals surface area contributed by atoms with Gasteiger partial charge in [-0.2, -0.15) is 0 Å². The van der Waals surface area contributed by atoms with Gasteiger partial charge in [0.05, 0.1) is 12.6 Å². The summed E-state index contributed by atoms with van der Waals surface area (Å²) in [5, 5.41) is 12.4. The second kappa shape index (κ2) is 7.49. The van der Waals surface area contributed by atoms with Crippen molar-refractivity contribution in [1.29, 1.82) is 0 Å². The van der Waals surface area contributed by atoms with E-state index in [9.17, 15) is 14.3 Å². The molecular formula is C18H25FN2O3. The van der Waals surface area contributed by atoms with Gasteiger partial charge in [0.1, 0.15) is 5.82 Å². The molecule has 132 valence electrons. The number of urea groups is 1. The summed E-state index contributed by atoms with van der Waals surface area (Å²) in [5.74, 6) is -0.257. The molecule has 2 amide bonds. The summed E-state index contributed by atoms with van der Waals surface area (Å²) in [6.45, 7) is 2.45. The molecule has 2 N–H and O–H groups in total. The molecular weight excluding hydrogens is 311 g/mol. The van der Waals surface area contributed by atoms with Crippen LogP contribution in [0, 0.1) is 5.82 Å². The lowest BCUT2D eigenvalue weighted by Crippen LogP contribution is -2.50. The first-order chi connectivity index (χ1) is 11.6. The van der Waals surface area contributed by atoms with Crippen LogP contribution < -0.4 is 5.32 Å². The molecule has 0 aromatic heterocycles. The highest BCUT2D eigenvalue weighted by atomic mass is 19.1. The number of carbonyl (C=O) groups excluding carboxylic acids is 1. The van der Waals surface area contributed by atoms with Gasteiger partial charge in [0.2, 0.25) is 0 Å². The predicted octanol–water partition coefficient (Wildman–Crippen LogP) is 2.04. The summed E-state index contributed by atoms with van der Waals surface area (Å²) >= 11 is 0. The number of hydrogen-bond acceptors (Lipinski definition) is 3. The van der Waals surface area contributed by atoms with Crippen LogP contribution in [0.2, 0.25) is 0 Å². The van der Waals surface area contributed by atoms with Crippen molar-refractivity contribution in [3.8, 4) is 0 Å². The monoisotopic (exact) mass is 336 g/mol. The van der Waals surface area contributed by atoms with Crippen LogP contribution in [0.4, 0.5) is 9.18 Å². The number of carbonyl (C=O) groups is 1. The summed E-state index contributed by atoms with van der Waals surface area (Å²) in [6, 6.07) is 6.34. The van der Waals surface area contributed by atoms with Crippen LogP contribution in [0.3, 0.4) is 0 Å². The fourth-order valence-electron chi connectivity index (χ4n) is 3.77. The average Bonchev–Trinajstić information content (AvgIpc) is 3.10. The average molecular weight is 336 g/mol. The molecule has 1 aromatic rings. The van der Waals surface area contributed by atoms with Gasteiger partial charge in [-0.1, -0.05) is 12.1 Å². The van der Waals surface area contributed by atoms with E-state index in [1.807, 2.05) is 0 Å². The molecule has 1 atom stereocenters. The van der Waals surface area contributed by atoms with Crippen molar-refractivity contribution in [1.82, 2.24) is 10.2 Å². The highest BCUT2D eigenvalue weighted by Gasteiger charge is 2.36. The topological polar surface area (TPSA) is 61.8 Å². The van der Waals surface area contributed by atoms with Crippen LogP contribution in [0.5, 0.6) is 0 Å². The molecule has 6 heteroatoms. The first-order valence-electron chi connectivity index (χ1n) is 8.64. The minimum Gasteiger partial charge on any atom is -0.394 e. The number of amides is 2. The van der Waals surface area contributed by atoms with E-state index >= 15 is 0 Å². The van der Waals surface area contributed by atoms with Crippen LogP contribution >= 0.6 is 0 Å². The summed E-state index contributed by atoms with van der Waals surface area (Å²) in [6.07, 6.45) is 3.36. The van der Waals surface area contributed by atoms with Crippen LogP contribution in [0.15, 0.2) is 24.3 Å². The third-order valence-electron chi connectivity index (χ3n) is 5.33. The Hall–Kier alpha value is -1.66. The Labute approximate surface area is 141 Å². The number of aliphatic hydroxyl groups excluding tert-OH is 1. The van der Waals surface area contributed by atoms with E-state index in [0.717, 1.165) is 31.2 Å². The van der Waals surface area contributed by atoms with Crippen LogP contribution in [0.25, 0.3) is 0 Å². The summed E-state index contributed by atoms with van der Waals surface area (Å²) in [7, 11) is 0. The number of ether oxygens (including phenoxy) is 1. The number of hydrogen-bond donors (Lipinski definition) is 2. The number of aliphatic hydroxyl groups is 1. The van der Waals surface area contributed by atoms with E-state index in [1.54, 1.807) is 17.0 Å². The van der Waals surface area contributed by atoms with Crippen LogP contribution in [-0.4, -0.2) is 55.0 Å². The van der Waals surface area contributed by atoms with Gasteiger partial charge < -0.3 is 20.1 Å². The lowest BCUT2D eigenvalue weighted by Gasteiger charge is -2.38. The molecule has 2 fully saturated rings. The molecule has 0 spiro atoms. The van der Waals surface area contributed by atoms with Crippen molar-refractivity contribution < 1.29 is 19.0 Å². The zero-order valence-corrected chi connectivity index (χ0v) is 13.8. The van der Waals surface area contributed by atoms with Gasteiger partial charge in [0.15, 0.2) is 0 Å². The van der Waals surface area contributed by atoms with Crippen LogP contribution in [-0.2, 0) is 10.2 Å². The molecule has 0 bridgehead atoms. The van der Waals surface area contributed by atoms with E-state index < -0.39 is 0 Å². The van der Waals surface area contributed by atoms with Crippen molar-refractivity contribution in [3.63, 3.8) is 0 Å². The van der Waals surface area contributed by atoms with Gasteiger partial charge in [0, 0.05) is 31.7 Å². The molecule has 0 saturated carbocycles. The highest BCUT2D eigenvalue weighted by Crippen LogP contribution is 2.34. The second-order valence-electron chi connectivity index (χ2n) is 6.73. The molecule has 2 heterocycles. The highest BCUT2D eigenvalue weighted by molar-refractivity contribution is 5.75. The van der Waals surface area contributed by atoms with Crippen molar-refractivity contribution in [2.24, 2.45) is 0 Å². The molecule has 24 heavy (non-hydrogen) atoms. The minimum absolute atomic E-state index is 0.00433. The zero-order chi connectivity index (χ0) is 17.0. The van der Waals surface area contributed by atoms with Gasteiger partial charge in [-0.05, 0) is 43.4 Å². The molecule has 1 aromatic carbocycles. The number of nitrogens with zero attached hydrogens (tertiary/aromatic N) is 1. The Balaban J connectivity index is 1.70. The molecule has 5 nitrogen and oxygen atoms in total. The van der Waals surface area contributed by atoms with Gasteiger partial charge in [-0.25, -0.2) is 9.18 Å². The summed E-state index contributed by atoms with van der Waals surface area (Å²) in [5.41, 5.74) is 0.809. The van der Waals surface area contributed by atoms with Crippen LogP contribution in [0.1, 0.15) is 31.2 Å². The Kier molecular flexibility index (Phi) is 5.36.